The molecule has 0 radical (unpaired) electrons. The topological polar surface area (TPSA) is 118 Å². The Kier molecular flexibility index (Phi) is 3.71. The first-order valence-electron chi connectivity index (χ1n) is 6.72. The molecule has 0 fully saturated rings. The van der Waals surface area contributed by atoms with E-state index in [1.54, 1.807) is 13.0 Å². The highest BCUT2D eigenvalue weighted by atomic mass is 16.4. The Balaban J connectivity index is 1.72. The largest absolute Gasteiger partial charge is 0.477 e. The highest BCUT2D eigenvalue weighted by Crippen LogP contribution is 2.16. The lowest BCUT2D eigenvalue weighted by atomic mass is 10.2. The van der Waals surface area contributed by atoms with Crippen molar-refractivity contribution in [2.45, 2.75) is 13.5 Å². The van der Waals surface area contributed by atoms with E-state index in [0.717, 1.165) is 18.0 Å². The molecule has 0 saturated heterocycles. The number of nitrogens with zero attached hydrogens (tertiary/aromatic N) is 3. The van der Waals surface area contributed by atoms with Crippen LogP contribution in [0.25, 0.3) is 11.1 Å². The number of carboxylic acid groups (broad SMARTS) is 1. The van der Waals surface area contributed by atoms with Crippen molar-refractivity contribution in [2.24, 2.45) is 0 Å². The third-order valence-corrected chi connectivity index (χ3v) is 3.13. The fraction of sp³-hybridized carbons (Fsp3) is 0.133. The van der Waals surface area contributed by atoms with Crippen molar-refractivity contribution in [3.05, 3.63) is 53.4 Å². The molecule has 1 amide bonds. The molecule has 0 aliphatic heterocycles. The zero-order valence-electron chi connectivity index (χ0n) is 12.1. The van der Waals surface area contributed by atoms with Crippen LogP contribution in [0.5, 0.6) is 0 Å². The summed E-state index contributed by atoms with van der Waals surface area (Å²) in [7, 11) is 0. The number of aromatic nitrogens is 3. The van der Waals surface area contributed by atoms with Crippen LogP contribution >= 0.6 is 0 Å². The van der Waals surface area contributed by atoms with E-state index in [4.69, 9.17) is 9.52 Å². The highest BCUT2D eigenvalue weighted by Gasteiger charge is 2.12. The number of hydrogen-bond acceptors (Lipinski definition) is 6. The van der Waals surface area contributed by atoms with Gasteiger partial charge in [-0.15, -0.1) is 0 Å². The summed E-state index contributed by atoms with van der Waals surface area (Å²) in [5.41, 5.74) is 2.00. The van der Waals surface area contributed by atoms with E-state index in [1.165, 1.54) is 0 Å². The number of aryl methyl sites for hydroxylation is 1. The number of hydrogen-bond donors (Lipinski definition) is 2. The van der Waals surface area contributed by atoms with Crippen molar-refractivity contribution in [3.8, 4) is 0 Å². The van der Waals surface area contributed by atoms with Gasteiger partial charge in [-0.25, -0.2) is 19.7 Å². The Morgan fingerprint density at radius 3 is 2.78 bits per heavy atom. The molecule has 2 N–H and O–H groups in total. The maximum atomic E-state index is 12.0. The summed E-state index contributed by atoms with van der Waals surface area (Å²) in [4.78, 5) is 34.4. The number of rotatable bonds is 4. The number of aromatic carboxylic acids is 1. The molecule has 1 aromatic carbocycles. The first-order chi connectivity index (χ1) is 11.0. The van der Waals surface area contributed by atoms with Crippen molar-refractivity contribution >= 4 is 23.0 Å². The second-order valence-electron chi connectivity index (χ2n) is 4.81. The predicted octanol–water partition coefficient (Wildman–Crippen LogP) is 1.55. The minimum atomic E-state index is -1.21. The quantitative estimate of drug-likeness (QED) is 0.750. The number of amides is 1. The molecular formula is C15H12N4O4. The van der Waals surface area contributed by atoms with Gasteiger partial charge in [-0.2, -0.15) is 0 Å². The van der Waals surface area contributed by atoms with E-state index in [2.05, 4.69) is 20.3 Å². The van der Waals surface area contributed by atoms with E-state index in [0.29, 0.717) is 17.0 Å². The molecule has 23 heavy (non-hydrogen) atoms. The van der Waals surface area contributed by atoms with Crippen LogP contribution in [0.3, 0.4) is 0 Å². The lowest BCUT2D eigenvalue weighted by Crippen LogP contribution is -2.24. The summed E-state index contributed by atoms with van der Waals surface area (Å²) in [6, 6.07) is 6.54. The van der Waals surface area contributed by atoms with Gasteiger partial charge in [0.15, 0.2) is 17.2 Å². The van der Waals surface area contributed by atoms with Crippen LogP contribution < -0.4 is 5.32 Å². The Morgan fingerprint density at radius 2 is 2.00 bits per heavy atom. The molecule has 2 heterocycles. The molecule has 8 nitrogen and oxygen atoms in total. The summed E-state index contributed by atoms with van der Waals surface area (Å²) < 4.78 is 5.38. The first-order valence-corrected chi connectivity index (χ1v) is 6.72. The molecule has 3 rings (SSSR count). The molecule has 0 unspecified atom stereocenters. The second-order valence-corrected chi connectivity index (χ2v) is 4.81. The number of oxazole rings is 1. The Labute approximate surface area is 130 Å². The van der Waals surface area contributed by atoms with Gasteiger partial charge in [0.05, 0.1) is 0 Å². The molecule has 116 valence electrons. The maximum Gasteiger partial charge on any atom is 0.354 e. The van der Waals surface area contributed by atoms with Gasteiger partial charge in [-0.1, -0.05) is 6.07 Å². The minimum Gasteiger partial charge on any atom is -0.477 e. The number of nitrogens with one attached hydrogen (secondary N) is 1. The van der Waals surface area contributed by atoms with Gasteiger partial charge in [0, 0.05) is 19.5 Å². The van der Waals surface area contributed by atoms with Crippen molar-refractivity contribution in [2.75, 3.05) is 0 Å². The van der Waals surface area contributed by atoms with Gasteiger partial charge in [0.25, 0.3) is 5.91 Å². The van der Waals surface area contributed by atoms with Crippen LogP contribution in [0.4, 0.5) is 0 Å². The van der Waals surface area contributed by atoms with E-state index < -0.39 is 11.9 Å². The number of carbonyl (C=O) groups excluding carboxylic acids is 1. The van der Waals surface area contributed by atoms with Crippen LogP contribution in [0.1, 0.15) is 32.4 Å². The third kappa shape index (κ3) is 3.15. The lowest BCUT2D eigenvalue weighted by Gasteiger charge is -2.05. The maximum absolute atomic E-state index is 12.0. The fourth-order valence-corrected chi connectivity index (χ4v) is 2.07. The number of carboxylic acids is 1. The Bertz CT molecular complexity index is 903. The summed E-state index contributed by atoms with van der Waals surface area (Å²) >= 11 is 0. The summed E-state index contributed by atoms with van der Waals surface area (Å²) in [5.74, 6) is -1.12. The van der Waals surface area contributed by atoms with Gasteiger partial charge >= 0.3 is 5.97 Å². The van der Waals surface area contributed by atoms with Crippen LogP contribution in [-0.4, -0.2) is 31.9 Å². The third-order valence-electron chi connectivity index (χ3n) is 3.13. The first kappa shape index (κ1) is 14.6. The predicted molar refractivity (Wildman–Crippen MR) is 78.9 cm³/mol. The number of carbonyl (C=O) groups is 2. The molecule has 0 bridgehead atoms. The Morgan fingerprint density at radius 1 is 1.22 bits per heavy atom. The van der Waals surface area contributed by atoms with E-state index in [-0.39, 0.29) is 17.9 Å². The molecule has 0 spiro atoms. The van der Waals surface area contributed by atoms with Crippen molar-refractivity contribution < 1.29 is 19.1 Å². The summed E-state index contributed by atoms with van der Waals surface area (Å²) in [6.07, 6.45) is 1.04. The minimum absolute atomic E-state index is 0.00393. The molecule has 8 heteroatoms. The van der Waals surface area contributed by atoms with Crippen LogP contribution in [0, 0.1) is 6.92 Å². The fourth-order valence-electron chi connectivity index (χ4n) is 2.07. The average Bonchev–Trinajstić information content (AvgIpc) is 2.91. The number of benzene rings is 1. The van der Waals surface area contributed by atoms with Gasteiger partial charge < -0.3 is 14.8 Å². The molecular weight excluding hydrogens is 300 g/mol. The summed E-state index contributed by atoms with van der Waals surface area (Å²) in [6.45, 7) is 2.02. The van der Waals surface area contributed by atoms with Gasteiger partial charge in [-0.05, 0) is 17.7 Å². The van der Waals surface area contributed by atoms with Crippen molar-refractivity contribution in [3.63, 3.8) is 0 Å². The SMILES string of the molecule is Cc1nc2cc(CNC(=O)c3cc(C(=O)O)ncn3)ccc2o1. The Hall–Kier alpha value is -3.29. The smallest absolute Gasteiger partial charge is 0.354 e. The normalized spacial score (nSPS) is 10.7. The average molecular weight is 312 g/mol. The van der Waals surface area contributed by atoms with Crippen molar-refractivity contribution in [1.29, 1.82) is 0 Å². The summed E-state index contributed by atoms with van der Waals surface area (Å²) in [5, 5.41) is 11.5. The van der Waals surface area contributed by atoms with Crippen molar-refractivity contribution in [1.82, 2.24) is 20.3 Å². The van der Waals surface area contributed by atoms with Gasteiger partial charge in [0.2, 0.25) is 0 Å². The zero-order chi connectivity index (χ0) is 16.4. The molecule has 0 atom stereocenters. The lowest BCUT2D eigenvalue weighted by molar-refractivity contribution is 0.0690. The monoisotopic (exact) mass is 312 g/mol. The van der Waals surface area contributed by atoms with Gasteiger partial charge in [0.1, 0.15) is 17.5 Å². The second kappa shape index (κ2) is 5.84. The molecule has 2 aromatic heterocycles. The zero-order valence-corrected chi connectivity index (χ0v) is 12.1. The van der Waals surface area contributed by atoms with Crippen LogP contribution in [0.2, 0.25) is 0 Å². The number of fused-ring (bicyclic) bond motifs is 1. The molecule has 0 saturated carbocycles. The van der Waals surface area contributed by atoms with E-state index >= 15 is 0 Å². The standard InChI is InChI=1S/C15H12N4O4/c1-8-19-10-4-9(2-3-13(10)23-8)6-16-14(20)11-5-12(15(21)22)18-7-17-11/h2-5,7H,6H2,1H3,(H,16,20)(H,21,22). The van der Waals surface area contributed by atoms with Gasteiger partial charge in [-0.3, -0.25) is 4.79 Å². The molecule has 0 aliphatic rings. The van der Waals surface area contributed by atoms with Crippen LogP contribution in [-0.2, 0) is 6.54 Å². The molecule has 3 aromatic rings. The van der Waals surface area contributed by atoms with Crippen LogP contribution in [0.15, 0.2) is 35.0 Å². The van der Waals surface area contributed by atoms with E-state index in [1.807, 2.05) is 12.1 Å². The highest BCUT2D eigenvalue weighted by molar-refractivity contribution is 5.94. The van der Waals surface area contributed by atoms with E-state index in [9.17, 15) is 9.59 Å². The molecule has 0 aliphatic carbocycles.